The number of aliphatic hydroxyl groups excluding tert-OH is 10. The molecule has 0 bridgehead atoms. The van der Waals surface area contributed by atoms with Crippen molar-refractivity contribution in [1.82, 2.24) is 0 Å². The Hall–Kier alpha value is -0.890. The molecule has 0 amide bonds. The number of allylic oxidation sites excluding steroid dienone is 2. The Balaban J connectivity index is 0.00000961. The van der Waals surface area contributed by atoms with Gasteiger partial charge in [-0.25, -0.2) is 8.42 Å². The summed E-state index contributed by atoms with van der Waals surface area (Å²) in [4.78, 5) is 27.6. The van der Waals surface area contributed by atoms with Crippen molar-refractivity contribution in [3.63, 3.8) is 0 Å². The molecular weight excluding hydrogens is 1170 g/mol. The van der Waals surface area contributed by atoms with Gasteiger partial charge in [0.25, 0.3) is 0 Å². The largest absolute Gasteiger partial charge is 1.00 e. The monoisotopic (exact) mass is 1260 g/mol. The third kappa shape index (κ3) is 14.0. The van der Waals surface area contributed by atoms with Gasteiger partial charge in [-0.2, -0.15) is 0 Å². The second-order valence-corrected chi connectivity index (χ2v) is 27.9. The average molecular weight is 1260 g/mol. The van der Waals surface area contributed by atoms with Crippen LogP contribution in [0.3, 0.4) is 0 Å². The van der Waals surface area contributed by atoms with E-state index in [0.29, 0.717) is 38.5 Å². The first kappa shape index (κ1) is 71.0. The summed E-state index contributed by atoms with van der Waals surface area (Å²) in [6.45, 7) is 16.8. The molecule has 33 atom stereocenters. The minimum Gasteiger partial charge on any atom is -0.726 e. The minimum absolute atomic E-state index is 0. The summed E-state index contributed by atoms with van der Waals surface area (Å²) in [7, 11) is -5.14. The number of ether oxygens (including phenoxy) is 10. The first-order valence-electron chi connectivity index (χ1n) is 30.0. The Morgan fingerprint density at radius 2 is 1.16 bits per heavy atom. The molecule has 8 fully saturated rings. The SMILES string of the molecule is CC(C)CC(=O)C[C@](C)(O)[C@H]1CC[C@H]2C3C[C@H](O[C@@H]4O[C@H](C)C(=O)[C@H](O[C@@H]5O[C@H](C)[C@@H](O[C@@H]6O[C@H](C)[C@H](O)[C@H](O)[C@H]6O[C@@H]6O[C@H](C)[C@H](O)[C@H](O)[C@H]6O)[C@H](O)[C@H]5O[C@@H]5O[C@H](C)[C@@H](O)[C@H](O)[C@H]5O)[C@H]4O)[C@H]4C[C@@H](OS(=O)(=O)[O-])CC[C@]4(C)C3=CC[C@@]21C.[Na+]. The van der Waals surface area contributed by atoms with Crippen LogP contribution >= 0.6 is 0 Å². The van der Waals surface area contributed by atoms with E-state index in [-0.39, 0.29) is 78.3 Å². The molecule has 11 N–H and O–H groups in total. The second-order valence-electron chi connectivity index (χ2n) is 26.9. The summed E-state index contributed by atoms with van der Waals surface area (Å²) >= 11 is 0. The minimum atomic E-state index is -5.14. The van der Waals surface area contributed by atoms with E-state index >= 15 is 0 Å². The fourth-order valence-corrected chi connectivity index (χ4v) is 16.4. The van der Waals surface area contributed by atoms with Gasteiger partial charge in [0.2, 0.25) is 10.4 Å². The summed E-state index contributed by atoms with van der Waals surface area (Å²) < 4.78 is 103. The molecule has 5 aliphatic heterocycles. The van der Waals surface area contributed by atoms with E-state index in [1.807, 2.05) is 13.8 Å². The normalized spacial score (nSPS) is 50.7. The van der Waals surface area contributed by atoms with Crippen LogP contribution in [0.5, 0.6) is 0 Å². The van der Waals surface area contributed by atoms with Crippen LogP contribution in [0.25, 0.3) is 0 Å². The Bertz CT molecular complexity index is 2490. The van der Waals surface area contributed by atoms with E-state index in [0.717, 1.165) is 5.57 Å². The van der Waals surface area contributed by atoms with Gasteiger partial charge < -0.3 is 108 Å². The molecule has 29 heteroatoms. The van der Waals surface area contributed by atoms with Crippen LogP contribution in [0.4, 0.5) is 0 Å². The van der Waals surface area contributed by atoms with Crippen molar-refractivity contribution in [2.45, 2.75) is 292 Å². The molecule has 9 aliphatic rings. The van der Waals surface area contributed by atoms with E-state index in [4.69, 9.17) is 51.6 Å². The second kappa shape index (κ2) is 27.2. The summed E-state index contributed by atoms with van der Waals surface area (Å²) in [6.07, 6.45) is -36.5. The van der Waals surface area contributed by atoms with E-state index in [2.05, 4.69) is 19.9 Å². The zero-order valence-corrected chi connectivity index (χ0v) is 53.5. The van der Waals surface area contributed by atoms with Gasteiger partial charge in [-0.3, -0.25) is 13.8 Å². The summed E-state index contributed by atoms with van der Waals surface area (Å²) in [5.41, 5.74) is -1.33. The first-order chi connectivity index (χ1) is 39.6. The van der Waals surface area contributed by atoms with Gasteiger partial charge in [-0.1, -0.05) is 39.3 Å². The van der Waals surface area contributed by atoms with E-state index in [9.17, 15) is 78.7 Å². The molecule has 0 aromatic rings. The Morgan fingerprint density at radius 3 is 1.73 bits per heavy atom. The van der Waals surface area contributed by atoms with E-state index in [1.54, 1.807) is 6.92 Å². The zero-order valence-electron chi connectivity index (χ0n) is 50.7. The van der Waals surface area contributed by atoms with Gasteiger partial charge in [-0.15, -0.1) is 0 Å². The predicted octanol–water partition coefficient (Wildman–Crippen LogP) is -4.39. The molecule has 9 rings (SSSR count). The van der Waals surface area contributed by atoms with Gasteiger partial charge in [0, 0.05) is 12.8 Å². The molecule has 27 nitrogen and oxygen atoms in total. The molecule has 3 saturated carbocycles. The smallest absolute Gasteiger partial charge is 0.726 e. The topological polar surface area (TPSA) is 415 Å². The van der Waals surface area contributed by atoms with E-state index < -0.39 is 198 Å². The molecule has 5 saturated heterocycles. The van der Waals surface area contributed by atoms with Gasteiger partial charge in [0.05, 0.1) is 42.2 Å². The van der Waals surface area contributed by atoms with Gasteiger partial charge >= 0.3 is 29.6 Å². The van der Waals surface area contributed by atoms with Gasteiger partial charge in [0.1, 0.15) is 91.2 Å². The van der Waals surface area contributed by atoms with Crippen molar-refractivity contribution in [3.05, 3.63) is 11.6 Å². The fraction of sp³-hybridized carbons (Fsp3) is 0.930. The van der Waals surface area contributed by atoms with Crippen LogP contribution in [0.2, 0.25) is 0 Å². The maximum atomic E-state index is 14.4. The van der Waals surface area contributed by atoms with Crippen LogP contribution < -0.4 is 29.6 Å². The maximum Gasteiger partial charge on any atom is 1.00 e. The number of ketones is 2. The fourth-order valence-electron chi connectivity index (χ4n) is 15.9. The number of fused-ring (bicyclic) bond motifs is 5. The molecule has 1 unspecified atom stereocenters. The molecule has 0 spiro atoms. The Labute approximate surface area is 523 Å². The zero-order chi connectivity index (χ0) is 62.5. The number of rotatable bonds is 17. The molecular formula is C57H91NaO27S. The standard InChI is InChI=1S/C57H92O27S.Na/c1-21(2)17-27(58)20-57(10,70)34-12-11-30-29-19-33(32-18-28(84-85(71,72)73)13-15-55(32,8)31(29)14-16-56(30,34)9)79-52-45(69)47(38(62)25(6)76-52)81-54-49(83-51-43(67)40(64)36(60)23(4)75-51)44(68)46(26(7)78-54)80-53-48(41(65)37(61)24(5)77-53)82-50-42(66)39(63)35(59)22(3)74-50;/h14,21-26,28-30,32-37,39-54,59-61,63-70H,11-13,15-20H2,1-10H3,(H,71,72,73);/q;+1/p-1/t22-,23-,24-,25-,26-,28+,29?,30+,32-,33+,34+,35+,36-,37+,39+,40+,41+,42-,43-,44+,45-,46-,47+,48-,49-,50+,51+,52+,53+,54+,55-,56+,57+;/m1./s1. The number of carbonyl (C=O) groups is 2. The molecule has 0 aromatic heterocycles. The van der Waals surface area contributed by atoms with Crippen molar-refractivity contribution in [2.75, 3.05) is 0 Å². The summed E-state index contributed by atoms with van der Waals surface area (Å²) in [5, 5.41) is 124. The molecule has 5 heterocycles. The van der Waals surface area contributed by atoms with Crippen molar-refractivity contribution in [3.8, 4) is 0 Å². The number of aliphatic hydroxyl groups is 11. The van der Waals surface area contributed by atoms with Crippen LogP contribution in [-0.4, -0.2) is 246 Å². The van der Waals surface area contributed by atoms with Gasteiger partial charge in [-0.05, 0) is 127 Å². The van der Waals surface area contributed by atoms with Crippen LogP contribution in [0, 0.1) is 40.4 Å². The quantitative estimate of drug-likeness (QED) is 0.0284. The summed E-state index contributed by atoms with van der Waals surface area (Å²) in [6, 6.07) is 0. The van der Waals surface area contributed by atoms with E-state index in [1.165, 1.54) is 34.6 Å². The number of hydrogen-bond acceptors (Lipinski definition) is 27. The number of carbonyl (C=O) groups excluding carboxylic acids is 2. The third-order valence-corrected chi connectivity index (χ3v) is 20.9. The number of Topliss-reactive ketones (excluding diaryl/α,β-unsaturated/α-hetero) is 2. The molecule has 0 aromatic carbocycles. The summed E-state index contributed by atoms with van der Waals surface area (Å²) in [5.74, 6) is -1.71. The molecule has 0 radical (unpaired) electrons. The van der Waals surface area contributed by atoms with Crippen LogP contribution in [0.15, 0.2) is 11.6 Å². The molecule has 4 aliphatic carbocycles. The van der Waals surface area contributed by atoms with Crippen molar-refractivity contribution < 1.29 is 160 Å². The molecule has 86 heavy (non-hydrogen) atoms. The van der Waals surface area contributed by atoms with Crippen LogP contribution in [-0.2, 0) is 71.5 Å². The molecule has 488 valence electrons. The van der Waals surface area contributed by atoms with Gasteiger partial charge in [0.15, 0.2) is 43.3 Å². The Morgan fingerprint density at radius 1 is 0.651 bits per heavy atom. The Kier molecular flexibility index (Phi) is 22.5. The van der Waals surface area contributed by atoms with Crippen LogP contribution in [0.1, 0.15) is 127 Å². The third-order valence-electron chi connectivity index (χ3n) is 20.4. The van der Waals surface area contributed by atoms with Crippen molar-refractivity contribution in [2.24, 2.45) is 40.4 Å². The average Bonchev–Trinajstić information content (AvgIpc) is 1.33. The van der Waals surface area contributed by atoms with Crippen molar-refractivity contribution in [1.29, 1.82) is 0 Å². The maximum absolute atomic E-state index is 14.4. The first-order valence-corrected chi connectivity index (χ1v) is 31.4. The van der Waals surface area contributed by atoms with Crippen molar-refractivity contribution >= 4 is 22.0 Å². The predicted molar refractivity (Wildman–Crippen MR) is 286 cm³/mol. The number of hydrogen-bond donors (Lipinski definition) is 11.